The number of rotatable bonds is 3. The number of hydrogen-bond acceptors (Lipinski definition) is 5. The summed E-state index contributed by atoms with van der Waals surface area (Å²) in [5.41, 5.74) is 0.339. The molecule has 4 rings (SSSR count). The number of piperidine rings is 1. The van der Waals surface area contributed by atoms with Crippen LogP contribution in [0.3, 0.4) is 0 Å². The molecule has 2 aliphatic rings. The van der Waals surface area contributed by atoms with Crippen molar-refractivity contribution < 1.29 is 27.8 Å². The van der Waals surface area contributed by atoms with E-state index in [0.717, 1.165) is 17.1 Å². The third-order valence-corrected chi connectivity index (χ3v) is 5.25. The molecule has 3 N–H and O–H groups in total. The number of amides is 1. The topological polar surface area (TPSA) is 73.8 Å². The largest absolute Gasteiger partial charge is 0.482 e. The van der Waals surface area contributed by atoms with Gasteiger partial charge in [-0.3, -0.25) is 4.79 Å². The molecule has 2 aromatic rings. The van der Waals surface area contributed by atoms with Gasteiger partial charge in [-0.05, 0) is 42.5 Å². The average molecular weight is 407 g/mol. The lowest BCUT2D eigenvalue weighted by Crippen LogP contribution is -2.53. The van der Waals surface area contributed by atoms with Crippen LogP contribution >= 0.6 is 0 Å². The summed E-state index contributed by atoms with van der Waals surface area (Å²) in [6, 6.07) is 12.7. The Balaban J connectivity index is 1.40. The number of alkyl halides is 3. The lowest BCUT2D eigenvalue weighted by molar-refractivity contribution is -0.266. The zero-order valence-electron chi connectivity index (χ0n) is 15.4. The van der Waals surface area contributed by atoms with Crippen LogP contribution in [0.4, 0.5) is 35.9 Å². The van der Waals surface area contributed by atoms with Crippen molar-refractivity contribution in [2.24, 2.45) is 0 Å². The van der Waals surface area contributed by atoms with Gasteiger partial charge in [0.15, 0.2) is 12.2 Å². The SMILES string of the molecule is O=C1COc2ccc(Nc3ccc(N4CCC(O)(C(F)(F)F)CC4)cc3)cc2N1. The summed E-state index contributed by atoms with van der Waals surface area (Å²) in [7, 11) is 0. The van der Waals surface area contributed by atoms with Crippen molar-refractivity contribution in [3.63, 3.8) is 0 Å². The van der Waals surface area contributed by atoms with E-state index < -0.39 is 11.8 Å². The van der Waals surface area contributed by atoms with Gasteiger partial charge >= 0.3 is 6.18 Å². The highest BCUT2D eigenvalue weighted by molar-refractivity contribution is 5.96. The standard InChI is InChI=1S/C20H20F3N3O3/c21-20(22,23)19(28)7-9-26(10-8-19)15-4-1-13(2-5-15)24-14-3-6-17-16(11-14)25-18(27)12-29-17/h1-6,11,24,28H,7-10,12H2,(H,25,27). The highest BCUT2D eigenvalue weighted by atomic mass is 19.4. The Labute approximate surface area is 165 Å². The molecule has 0 aliphatic carbocycles. The second-order valence-electron chi connectivity index (χ2n) is 7.24. The van der Waals surface area contributed by atoms with Crippen LogP contribution in [0.15, 0.2) is 42.5 Å². The minimum atomic E-state index is -4.60. The maximum absolute atomic E-state index is 12.9. The smallest absolute Gasteiger partial charge is 0.417 e. The second-order valence-corrected chi connectivity index (χ2v) is 7.24. The number of aliphatic hydroxyl groups is 1. The molecule has 154 valence electrons. The first kappa shape index (κ1) is 19.4. The van der Waals surface area contributed by atoms with Gasteiger partial charge in [0.1, 0.15) is 5.75 Å². The van der Waals surface area contributed by atoms with E-state index in [9.17, 15) is 23.1 Å². The summed E-state index contributed by atoms with van der Waals surface area (Å²) in [6.45, 7) is 0.263. The molecular formula is C20H20F3N3O3. The minimum absolute atomic E-state index is 0.00188. The van der Waals surface area contributed by atoms with Crippen molar-refractivity contribution in [2.75, 3.05) is 35.2 Å². The number of carbonyl (C=O) groups is 1. The van der Waals surface area contributed by atoms with E-state index in [-0.39, 0.29) is 38.4 Å². The van der Waals surface area contributed by atoms with E-state index in [4.69, 9.17) is 4.74 Å². The van der Waals surface area contributed by atoms with Gasteiger partial charge in [-0.25, -0.2) is 0 Å². The fourth-order valence-electron chi connectivity index (χ4n) is 3.50. The van der Waals surface area contributed by atoms with Crippen LogP contribution in [-0.4, -0.2) is 42.5 Å². The number of hydrogen-bond donors (Lipinski definition) is 3. The van der Waals surface area contributed by atoms with Crippen LogP contribution in [0, 0.1) is 0 Å². The number of carbonyl (C=O) groups excluding carboxylic acids is 1. The Hall–Kier alpha value is -2.94. The van der Waals surface area contributed by atoms with Gasteiger partial charge in [0.2, 0.25) is 0 Å². The van der Waals surface area contributed by atoms with Crippen LogP contribution in [0.2, 0.25) is 0 Å². The van der Waals surface area contributed by atoms with E-state index in [1.165, 1.54) is 0 Å². The molecule has 1 fully saturated rings. The normalized spacial score (nSPS) is 18.5. The predicted octanol–water partition coefficient (Wildman–Crippen LogP) is 3.65. The number of halogens is 3. The number of fused-ring (bicyclic) bond motifs is 1. The quantitative estimate of drug-likeness (QED) is 0.724. The molecule has 2 heterocycles. The van der Waals surface area contributed by atoms with Crippen LogP contribution < -0.4 is 20.3 Å². The molecular weight excluding hydrogens is 387 g/mol. The van der Waals surface area contributed by atoms with E-state index in [2.05, 4.69) is 10.6 Å². The van der Waals surface area contributed by atoms with Crippen molar-refractivity contribution in [3.8, 4) is 5.75 Å². The Kier molecular flexibility index (Phi) is 4.77. The van der Waals surface area contributed by atoms with Crippen molar-refractivity contribution in [1.29, 1.82) is 0 Å². The van der Waals surface area contributed by atoms with Crippen molar-refractivity contribution >= 4 is 28.7 Å². The molecule has 6 nitrogen and oxygen atoms in total. The molecule has 0 aromatic heterocycles. The molecule has 0 spiro atoms. The van der Waals surface area contributed by atoms with Gasteiger partial charge < -0.3 is 25.4 Å². The van der Waals surface area contributed by atoms with E-state index in [1.807, 2.05) is 35.2 Å². The molecule has 0 atom stereocenters. The monoisotopic (exact) mass is 407 g/mol. The Morgan fingerprint density at radius 2 is 1.72 bits per heavy atom. The van der Waals surface area contributed by atoms with Crippen molar-refractivity contribution in [1.82, 2.24) is 0 Å². The lowest BCUT2D eigenvalue weighted by Gasteiger charge is -2.40. The number of benzene rings is 2. The minimum Gasteiger partial charge on any atom is -0.482 e. The molecule has 2 aliphatic heterocycles. The third-order valence-electron chi connectivity index (χ3n) is 5.25. The van der Waals surface area contributed by atoms with Gasteiger partial charge in [-0.15, -0.1) is 0 Å². The molecule has 0 bridgehead atoms. The highest BCUT2D eigenvalue weighted by Gasteiger charge is 2.54. The van der Waals surface area contributed by atoms with Crippen molar-refractivity contribution in [2.45, 2.75) is 24.6 Å². The van der Waals surface area contributed by atoms with Crippen LogP contribution in [-0.2, 0) is 4.79 Å². The number of nitrogens with one attached hydrogen (secondary N) is 2. The molecule has 0 radical (unpaired) electrons. The molecule has 2 aromatic carbocycles. The lowest BCUT2D eigenvalue weighted by atomic mass is 9.90. The summed E-state index contributed by atoms with van der Waals surface area (Å²) in [6.07, 6.45) is -5.30. The fourth-order valence-corrected chi connectivity index (χ4v) is 3.50. The van der Waals surface area contributed by atoms with E-state index in [0.29, 0.717) is 11.4 Å². The number of ether oxygens (including phenoxy) is 1. The molecule has 1 amide bonds. The number of anilines is 4. The average Bonchev–Trinajstić information content (AvgIpc) is 2.68. The molecule has 0 saturated carbocycles. The first-order valence-corrected chi connectivity index (χ1v) is 9.21. The van der Waals surface area contributed by atoms with Gasteiger partial charge in [0.25, 0.3) is 5.91 Å². The first-order chi connectivity index (χ1) is 13.7. The maximum atomic E-state index is 12.9. The third kappa shape index (κ3) is 3.95. The molecule has 1 saturated heterocycles. The van der Waals surface area contributed by atoms with E-state index >= 15 is 0 Å². The summed E-state index contributed by atoms with van der Waals surface area (Å²) >= 11 is 0. The van der Waals surface area contributed by atoms with E-state index in [1.54, 1.807) is 12.1 Å². The van der Waals surface area contributed by atoms with Crippen LogP contribution in [0.25, 0.3) is 0 Å². The molecule has 9 heteroatoms. The fraction of sp³-hybridized carbons (Fsp3) is 0.350. The van der Waals surface area contributed by atoms with Gasteiger partial charge in [0.05, 0.1) is 5.69 Å². The number of nitrogens with zero attached hydrogens (tertiary/aromatic N) is 1. The molecule has 29 heavy (non-hydrogen) atoms. The summed E-state index contributed by atoms with van der Waals surface area (Å²) in [4.78, 5) is 13.3. The zero-order valence-corrected chi connectivity index (χ0v) is 15.4. The van der Waals surface area contributed by atoms with Crippen LogP contribution in [0.1, 0.15) is 12.8 Å². The highest BCUT2D eigenvalue weighted by Crippen LogP contribution is 2.39. The first-order valence-electron chi connectivity index (χ1n) is 9.21. The Morgan fingerprint density at radius 3 is 2.38 bits per heavy atom. The summed E-state index contributed by atoms with van der Waals surface area (Å²) in [5.74, 6) is 0.396. The predicted molar refractivity (Wildman–Crippen MR) is 103 cm³/mol. The van der Waals surface area contributed by atoms with Crippen LogP contribution in [0.5, 0.6) is 5.75 Å². The zero-order chi connectivity index (χ0) is 20.6. The Morgan fingerprint density at radius 1 is 1.07 bits per heavy atom. The molecule has 0 unspecified atom stereocenters. The van der Waals surface area contributed by atoms with Gasteiger partial charge in [0, 0.05) is 43.0 Å². The summed E-state index contributed by atoms with van der Waals surface area (Å²) < 4.78 is 44.1. The maximum Gasteiger partial charge on any atom is 0.417 e. The van der Waals surface area contributed by atoms with Crippen molar-refractivity contribution in [3.05, 3.63) is 42.5 Å². The summed E-state index contributed by atoms with van der Waals surface area (Å²) in [5, 5.41) is 15.7. The van der Waals surface area contributed by atoms with Gasteiger partial charge in [-0.2, -0.15) is 13.2 Å². The Bertz CT molecular complexity index is 907. The second kappa shape index (κ2) is 7.14. The van der Waals surface area contributed by atoms with Gasteiger partial charge in [-0.1, -0.05) is 0 Å².